The molecule has 1 aromatic heterocycles. The average molecular weight is 218 g/mol. The fourth-order valence-electron chi connectivity index (χ4n) is 1.21. The third kappa shape index (κ3) is 3.97. The first-order valence-corrected chi connectivity index (χ1v) is 5.96. The molecule has 2 heteroatoms. The molecule has 16 heavy (non-hydrogen) atoms. The molecule has 0 fully saturated rings. The number of fused-ring (bicyclic) bond motifs is 1. The summed E-state index contributed by atoms with van der Waals surface area (Å²) in [7, 11) is 0. The maximum absolute atomic E-state index is 4.35. The highest BCUT2D eigenvalue weighted by atomic mass is 14.8. The van der Waals surface area contributed by atoms with Crippen LogP contribution in [0.15, 0.2) is 24.4 Å². The lowest BCUT2D eigenvalue weighted by atomic mass is 10.2. The molecular formula is C14H22N2. The molecule has 0 aliphatic rings. The molecule has 0 radical (unpaired) electrons. The number of hydrogen-bond acceptors (Lipinski definition) is 2. The van der Waals surface area contributed by atoms with Crippen LogP contribution in [0.1, 0.15) is 39.0 Å². The molecule has 0 N–H and O–H groups in total. The second-order valence-electron chi connectivity index (χ2n) is 3.00. The molecule has 0 saturated carbocycles. The Morgan fingerprint density at radius 1 is 0.875 bits per heavy atom. The standard InChI is InChI=1S/C10H10N2.2C2H6/c1-7-3-4-9-10(5-7)11-6-8(2)12-9;2*1-2/h3-6H,1-2H3;2*1-2H3. The summed E-state index contributed by atoms with van der Waals surface area (Å²) in [5.74, 6) is 0. The molecule has 2 nitrogen and oxygen atoms in total. The molecule has 0 unspecified atom stereocenters. The van der Waals surface area contributed by atoms with E-state index in [1.54, 1.807) is 6.20 Å². The maximum atomic E-state index is 4.35. The molecule has 1 aromatic carbocycles. The molecule has 0 amide bonds. The summed E-state index contributed by atoms with van der Waals surface area (Å²) in [5.41, 5.74) is 4.13. The van der Waals surface area contributed by atoms with Crippen molar-refractivity contribution >= 4 is 11.0 Å². The zero-order valence-corrected chi connectivity index (χ0v) is 11.2. The molecule has 0 aliphatic heterocycles. The van der Waals surface area contributed by atoms with Crippen molar-refractivity contribution in [1.29, 1.82) is 0 Å². The van der Waals surface area contributed by atoms with Crippen molar-refractivity contribution in [1.82, 2.24) is 9.97 Å². The molecule has 0 atom stereocenters. The number of benzene rings is 1. The Hall–Kier alpha value is -1.44. The second kappa shape index (κ2) is 7.80. The van der Waals surface area contributed by atoms with Gasteiger partial charge in [0.1, 0.15) is 0 Å². The maximum Gasteiger partial charge on any atom is 0.0890 e. The topological polar surface area (TPSA) is 25.8 Å². The van der Waals surface area contributed by atoms with E-state index in [-0.39, 0.29) is 0 Å². The van der Waals surface area contributed by atoms with Crippen LogP contribution in [0.5, 0.6) is 0 Å². The van der Waals surface area contributed by atoms with E-state index < -0.39 is 0 Å². The van der Waals surface area contributed by atoms with E-state index in [1.165, 1.54) is 5.56 Å². The van der Waals surface area contributed by atoms with E-state index in [4.69, 9.17) is 0 Å². The zero-order chi connectivity index (χ0) is 12.6. The largest absolute Gasteiger partial charge is 0.253 e. The van der Waals surface area contributed by atoms with Crippen molar-refractivity contribution in [2.24, 2.45) is 0 Å². The minimum Gasteiger partial charge on any atom is -0.253 e. The van der Waals surface area contributed by atoms with Gasteiger partial charge in [-0.15, -0.1) is 0 Å². The van der Waals surface area contributed by atoms with Gasteiger partial charge < -0.3 is 0 Å². The Morgan fingerprint density at radius 2 is 1.50 bits per heavy atom. The fraction of sp³-hybridized carbons (Fsp3) is 0.429. The van der Waals surface area contributed by atoms with Gasteiger partial charge in [-0.1, -0.05) is 33.8 Å². The number of rotatable bonds is 0. The monoisotopic (exact) mass is 218 g/mol. The summed E-state index contributed by atoms with van der Waals surface area (Å²) < 4.78 is 0. The Balaban J connectivity index is 0.000000509. The summed E-state index contributed by atoms with van der Waals surface area (Å²) in [6, 6.07) is 6.10. The lowest BCUT2D eigenvalue weighted by Crippen LogP contribution is -1.86. The van der Waals surface area contributed by atoms with Gasteiger partial charge in [-0.3, -0.25) is 4.98 Å². The van der Waals surface area contributed by atoms with Gasteiger partial charge in [0.15, 0.2) is 0 Å². The summed E-state index contributed by atoms with van der Waals surface area (Å²) in [4.78, 5) is 8.63. The van der Waals surface area contributed by atoms with Gasteiger partial charge in [-0.2, -0.15) is 0 Å². The molecule has 0 aliphatic carbocycles. The predicted molar refractivity (Wildman–Crippen MR) is 71.7 cm³/mol. The van der Waals surface area contributed by atoms with E-state index >= 15 is 0 Å². The summed E-state index contributed by atoms with van der Waals surface area (Å²) in [6.45, 7) is 12.0. The van der Waals surface area contributed by atoms with Crippen molar-refractivity contribution in [2.45, 2.75) is 41.5 Å². The lowest BCUT2D eigenvalue weighted by Gasteiger charge is -1.98. The Labute approximate surface area is 98.8 Å². The van der Waals surface area contributed by atoms with Crippen molar-refractivity contribution in [3.63, 3.8) is 0 Å². The molecule has 0 spiro atoms. The van der Waals surface area contributed by atoms with E-state index in [0.717, 1.165) is 16.7 Å². The van der Waals surface area contributed by atoms with Crippen LogP contribution in [-0.4, -0.2) is 9.97 Å². The van der Waals surface area contributed by atoms with Gasteiger partial charge in [0.05, 0.1) is 16.7 Å². The minimum atomic E-state index is 0.964. The third-order valence-electron chi connectivity index (χ3n) is 1.82. The first-order chi connectivity index (χ1) is 7.75. The molecular weight excluding hydrogens is 196 g/mol. The Morgan fingerprint density at radius 3 is 2.12 bits per heavy atom. The van der Waals surface area contributed by atoms with Gasteiger partial charge >= 0.3 is 0 Å². The third-order valence-corrected chi connectivity index (χ3v) is 1.82. The molecule has 2 aromatic rings. The van der Waals surface area contributed by atoms with Crippen LogP contribution >= 0.6 is 0 Å². The highest BCUT2D eigenvalue weighted by molar-refractivity contribution is 5.74. The van der Waals surface area contributed by atoms with Gasteiger partial charge in [0, 0.05) is 6.20 Å². The van der Waals surface area contributed by atoms with Crippen LogP contribution in [-0.2, 0) is 0 Å². The number of hydrogen-bond donors (Lipinski definition) is 0. The SMILES string of the molecule is CC.CC.Cc1ccc2nc(C)cnc2c1. The van der Waals surface area contributed by atoms with E-state index in [9.17, 15) is 0 Å². The summed E-state index contributed by atoms with van der Waals surface area (Å²) in [5, 5.41) is 0. The van der Waals surface area contributed by atoms with Crippen molar-refractivity contribution < 1.29 is 0 Å². The van der Waals surface area contributed by atoms with E-state index in [0.29, 0.717) is 0 Å². The minimum absolute atomic E-state index is 0.964. The number of aromatic nitrogens is 2. The first-order valence-electron chi connectivity index (χ1n) is 5.96. The van der Waals surface area contributed by atoms with Gasteiger partial charge in [-0.05, 0) is 31.5 Å². The Bertz CT molecular complexity index is 381. The van der Waals surface area contributed by atoms with Crippen LogP contribution < -0.4 is 0 Å². The average Bonchev–Trinajstić information content (AvgIpc) is 2.35. The van der Waals surface area contributed by atoms with Crippen LogP contribution in [0.2, 0.25) is 0 Å². The van der Waals surface area contributed by atoms with Crippen LogP contribution in [0.4, 0.5) is 0 Å². The Kier molecular flexibility index (Phi) is 7.10. The molecule has 0 saturated heterocycles. The molecule has 1 heterocycles. The normalized spacial score (nSPS) is 8.62. The van der Waals surface area contributed by atoms with E-state index in [2.05, 4.69) is 23.0 Å². The van der Waals surface area contributed by atoms with Crippen LogP contribution in [0, 0.1) is 13.8 Å². The molecule has 2 rings (SSSR count). The van der Waals surface area contributed by atoms with E-state index in [1.807, 2.05) is 46.8 Å². The number of nitrogens with zero attached hydrogens (tertiary/aromatic N) is 2. The molecule has 88 valence electrons. The summed E-state index contributed by atoms with van der Waals surface area (Å²) >= 11 is 0. The van der Waals surface area contributed by atoms with Gasteiger partial charge in [0.2, 0.25) is 0 Å². The zero-order valence-electron chi connectivity index (χ0n) is 11.2. The highest BCUT2D eigenvalue weighted by Gasteiger charge is 1.95. The fourth-order valence-corrected chi connectivity index (χ4v) is 1.21. The quantitative estimate of drug-likeness (QED) is 0.659. The lowest BCUT2D eigenvalue weighted by molar-refractivity contribution is 1.18. The van der Waals surface area contributed by atoms with Crippen LogP contribution in [0.25, 0.3) is 11.0 Å². The first kappa shape index (κ1) is 14.6. The van der Waals surface area contributed by atoms with Gasteiger partial charge in [0.25, 0.3) is 0 Å². The van der Waals surface area contributed by atoms with Crippen molar-refractivity contribution in [2.75, 3.05) is 0 Å². The smallest absolute Gasteiger partial charge is 0.0890 e. The van der Waals surface area contributed by atoms with Gasteiger partial charge in [-0.25, -0.2) is 4.98 Å². The van der Waals surface area contributed by atoms with Crippen LogP contribution in [0.3, 0.4) is 0 Å². The number of aryl methyl sites for hydroxylation is 2. The van der Waals surface area contributed by atoms with Crippen molar-refractivity contribution in [3.8, 4) is 0 Å². The summed E-state index contributed by atoms with van der Waals surface area (Å²) in [6.07, 6.45) is 1.79. The predicted octanol–water partition coefficient (Wildman–Crippen LogP) is 4.30. The van der Waals surface area contributed by atoms with Crippen molar-refractivity contribution in [3.05, 3.63) is 35.7 Å². The molecule has 0 bridgehead atoms. The highest BCUT2D eigenvalue weighted by Crippen LogP contribution is 2.10. The second-order valence-corrected chi connectivity index (χ2v) is 3.00.